The van der Waals surface area contributed by atoms with Crippen molar-refractivity contribution in [2.45, 2.75) is 44.7 Å². The molecule has 2 aliphatic rings. The molecule has 1 unspecified atom stereocenters. The van der Waals surface area contributed by atoms with Gasteiger partial charge >= 0.3 is 0 Å². The Morgan fingerprint density at radius 1 is 1.25 bits per heavy atom. The van der Waals surface area contributed by atoms with Crippen LogP contribution in [0.4, 0.5) is 4.39 Å². The van der Waals surface area contributed by atoms with Crippen LogP contribution < -0.4 is 5.32 Å². The van der Waals surface area contributed by atoms with Gasteiger partial charge in [-0.25, -0.2) is 4.39 Å². The van der Waals surface area contributed by atoms with Gasteiger partial charge in [-0.05, 0) is 44.2 Å². The third kappa shape index (κ3) is 3.58. The first-order valence-corrected chi connectivity index (χ1v) is 7.99. The molecule has 0 radical (unpaired) electrons. The van der Waals surface area contributed by atoms with E-state index in [2.05, 4.69) is 17.1 Å². The summed E-state index contributed by atoms with van der Waals surface area (Å²) in [5.41, 5.74) is 0.816. The van der Waals surface area contributed by atoms with Crippen molar-refractivity contribution in [3.63, 3.8) is 0 Å². The second-order valence-corrected chi connectivity index (χ2v) is 6.26. The van der Waals surface area contributed by atoms with E-state index >= 15 is 0 Å². The van der Waals surface area contributed by atoms with Gasteiger partial charge in [0.1, 0.15) is 5.82 Å². The lowest BCUT2D eigenvalue weighted by Gasteiger charge is -2.28. The molecule has 3 rings (SSSR count). The van der Waals surface area contributed by atoms with Gasteiger partial charge in [-0.2, -0.15) is 0 Å². The Bertz CT molecular complexity index is 440. The van der Waals surface area contributed by atoms with Crippen LogP contribution in [0.1, 0.15) is 44.2 Å². The van der Waals surface area contributed by atoms with Gasteiger partial charge in [0.15, 0.2) is 0 Å². The second kappa shape index (κ2) is 6.23. The first-order chi connectivity index (χ1) is 9.78. The lowest BCUT2D eigenvalue weighted by Crippen LogP contribution is -2.38. The average Bonchev–Trinajstić information content (AvgIpc) is 3.31. The topological polar surface area (TPSA) is 15.3 Å². The van der Waals surface area contributed by atoms with Crippen molar-refractivity contribution in [3.8, 4) is 0 Å². The standard InChI is InChI=1S/C17H25FN2/c1-2-19-17(15-5-3-4-6-16(15)18)12-20(14-9-10-14)11-13-7-8-13/h3-6,13-14,17,19H,2,7-12H2,1H3. The third-order valence-corrected chi connectivity index (χ3v) is 4.40. The van der Waals surface area contributed by atoms with E-state index in [9.17, 15) is 4.39 Å². The molecule has 1 atom stereocenters. The van der Waals surface area contributed by atoms with E-state index < -0.39 is 0 Å². The summed E-state index contributed by atoms with van der Waals surface area (Å²) in [7, 11) is 0. The second-order valence-electron chi connectivity index (χ2n) is 6.26. The van der Waals surface area contributed by atoms with Crippen molar-refractivity contribution < 1.29 is 4.39 Å². The molecule has 0 heterocycles. The number of likely N-dealkylation sites (N-methyl/N-ethyl adjacent to an activating group) is 1. The lowest BCUT2D eigenvalue weighted by atomic mass is 10.1. The zero-order chi connectivity index (χ0) is 13.9. The zero-order valence-corrected chi connectivity index (χ0v) is 12.3. The van der Waals surface area contributed by atoms with Crippen LogP contribution in [0.5, 0.6) is 0 Å². The third-order valence-electron chi connectivity index (χ3n) is 4.40. The quantitative estimate of drug-likeness (QED) is 0.783. The fourth-order valence-electron chi connectivity index (χ4n) is 2.96. The van der Waals surface area contributed by atoms with Crippen molar-refractivity contribution >= 4 is 0 Å². The highest BCUT2D eigenvalue weighted by Gasteiger charge is 2.35. The van der Waals surface area contributed by atoms with Crippen molar-refractivity contribution in [1.29, 1.82) is 0 Å². The molecule has 2 saturated carbocycles. The molecule has 0 amide bonds. The molecule has 20 heavy (non-hydrogen) atoms. The molecule has 0 spiro atoms. The van der Waals surface area contributed by atoms with Crippen LogP contribution in [-0.2, 0) is 0 Å². The normalized spacial score (nSPS) is 20.4. The molecule has 2 nitrogen and oxygen atoms in total. The summed E-state index contributed by atoms with van der Waals surface area (Å²) in [5.74, 6) is 0.819. The van der Waals surface area contributed by atoms with E-state index in [-0.39, 0.29) is 11.9 Å². The molecular formula is C17H25FN2. The minimum Gasteiger partial charge on any atom is -0.309 e. The number of nitrogens with zero attached hydrogens (tertiary/aromatic N) is 1. The first kappa shape index (κ1) is 14.0. The molecule has 110 valence electrons. The summed E-state index contributed by atoms with van der Waals surface area (Å²) in [6.45, 7) is 5.12. The highest BCUT2D eigenvalue weighted by Crippen LogP contribution is 2.35. The Labute approximate surface area is 121 Å². The molecule has 1 N–H and O–H groups in total. The van der Waals surface area contributed by atoms with Crippen LogP contribution in [0.3, 0.4) is 0 Å². The van der Waals surface area contributed by atoms with Crippen molar-refractivity contribution in [3.05, 3.63) is 35.6 Å². The van der Waals surface area contributed by atoms with E-state index in [1.165, 1.54) is 32.2 Å². The summed E-state index contributed by atoms with van der Waals surface area (Å²) < 4.78 is 14.0. The SMILES string of the molecule is CCNC(CN(CC1CC1)C1CC1)c1ccccc1F. The highest BCUT2D eigenvalue weighted by atomic mass is 19.1. The van der Waals surface area contributed by atoms with Crippen LogP contribution in [0.2, 0.25) is 0 Å². The highest BCUT2D eigenvalue weighted by molar-refractivity contribution is 5.21. The Morgan fingerprint density at radius 3 is 2.60 bits per heavy atom. The molecule has 0 saturated heterocycles. The smallest absolute Gasteiger partial charge is 0.128 e. The maximum absolute atomic E-state index is 14.0. The minimum absolute atomic E-state index is 0.0828. The van der Waals surface area contributed by atoms with Crippen molar-refractivity contribution in [1.82, 2.24) is 10.2 Å². The van der Waals surface area contributed by atoms with Gasteiger partial charge in [0.25, 0.3) is 0 Å². The largest absolute Gasteiger partial charge is 0.309 e. The summed E-state index contributed by atoms with van der Waals surface area (Å²) in [5, 5.41) is 3.46. The van der Waals surface area contributed by atoms with E-state index in [0.29, 0.717) is 0 Å². The Hall–Kier alpha value is -0.930. The van der Waals surface area contributed by atoms with E-state index in [0.717, 1.165) is 30.6 Å². The Balaban J connectivity index is 1.70. The predicted octanol–water partition coefficient (Wildman–Crippen LogP) is 3.35. The van der Waals surface area contributed by atoms with Crippen LogP contribution in [-0.4, -0.2) is 30.6 Å². The minimum atomic E-state index is -0.0828. The van der Waals surface area contributed by atoms with Crippen LogP contribution in [0, 0.1) is 11.7 Å². The maximum Gasteiger partial charge on any atom is 0.128 e. The molecule has 0 aromatic heterocycles. The number of hydrogen-bond donors (Lipinski definition) is 1. The van der Waals surface area contributed by atoms with Crippen LogP contribution >= 0.6 is 0 Å². The number of benzene rings is 1. The molecule has 0 aliphatic heterocycles. The van der Waals surface area contributed by atoms with Crippen LogP contribution in [0.25, 0.3) is 0 Å². The van der Waals surface area contributed by atoms with Crippen molar-refractivity contribution in [2.75, 3.05) is 19.6 Å². The van der Waals surface area contributed by atoms with Gasteiger partial charge in [-0.3, -0.25) is 4.90 Å². The molecule has 1 aromatic rings. The van der Waals surface area contributed by atoms with Crippen LogP contribution in [0.15, 0.2) is 24.3 Å². The molecular weight excluding hydrogens is 251 g/mol. The van der Waals surface area contributed by atoms with E-state index in [1.807, 2.05) is 12.1 Å². The molecule has 1 aromatic carbocycles. The number of halogens is 1. The Morgan fingerprint density at radius 2 is 2.00 bits per heavy atom. The lowest BCUT2D eigenvalue weighted by molar-refractivity contribution is 0.223. The summed E-state index contributed by atoms with van der Waals surface area (Å²) in [6.07, 6.45) is 5.41. The summed E-state index contributed by atoms with van der Waals surface area (Å²) in [6, 6.07) is 8.06. The molecule has 2 aliphatic carbocycles. The van der Waals surface area contributed by atoms with Gasteiger partial charge < -0.3 is 5.32 Å². The number of nitrogens with one attached hydrogen (secondary N) is 1. The monoisotopic (exact) mass is 276 g/mol. The van der Waals surface area contributed by atoms with E-state index in [1.54, 1.807) is 12.1 Å². The van der Waals surface area contributed by atoms with E-state index in [4.69, 9.17) is 0 Å². The van der Waals surface area contributed by atoms with Crippen molar-refractivity contribution in [2.24, 2.45) is 5.92 Å². The average molecular weight is 276 g/mol. The number of hydrogen-bond acceptors (Lipinski definition) is 2. The Kier molecular flexibility index (Phi) is 4.37. The molecule has 3 heteroatoms. The first-order valence-electron chi connectivity index (χ1n) is 7.99. The zero-order valence-electron chi connectivity index (χ0n) is 12.3. The maximum atomic E-state index is 14.0. The fourth-order valence-corrected chi connectivity index (χ4v) is 2.96. The van der Waals surface area contributed by atoms with Gasteiger partial charge in [-0.1, -0.05) is 25.1 Å². The summed E-state index contributed by atoms with van der Waals surface area (Å²) in [4.78, 5) is 2.59. The van der Waals surface area contributed by atoms with Gasteiger partial charge in [0, 0.05) is 30.7 Å². The summed E-state index contributed by atoms with van der Waals surface area (Å²) >= 11 is 0. The molecule has 0 bridgehead atoms. The van der Waals surface area contributed by atoms with Gasteiger partial charge in [0.05, 0.1) is 0 Å². The number of rotatable bonds is 8. The molecule has 2 fully saturated rings. The predicted molar refractivity (Wildman–Crippen MR) is 80.1 cm³/mol. The van der Waals surface area contributed by atoms with Gasteiger partial charge in [-0.15, -0.1) is 0 Å². The van der Waals surface area contributed by atoms with Gasteiger partial charge in [0.2, 0.25) is 0 Å². The fraction of sp³-hybridized carbons (Fsp3) is 0.647.